The molecule has 0 aromatic carbocycles. The standard InChI is InChI=1S/C9H18N2O2/c1-6-4-13-5-8(2,3)9(6,11)7(10)12/h6H,4-5,11H2,1-3H3,(H2,10,12). The van der Waals surface area contributed by atoms with Crippen LogP contribution in [-0.2, 0) is 9.53 Å². The molecule has 13 heavy (non-hydrogen) atoms. The maximum atomic E-state index is 11.3. The van der Waals surface area contributed by atoms with Gasteiger partial charge in [-0.15, -0.1) is 0 Å². The Morgan fingerprint density at radius 2 is 2.08 bits per heavy atom. The lowest BCUT2D eigenvalue weighted by Gasteiger charge is -2.48. The normalized spacial score (nSPS) is 38.6. The van der Waals surface area contributed by atoms with Gasteiger partial charge in [0.1, 0.15) is 5.54 Å². The molecule has 0 spiro atoms. The van der Waals surface area contributed by atoms with Gasteiger partial charge >= 0.3 is 0 Å². The van der Waals surface area contributed by atoms with E-state index in [4.69, 9.17) is 16.2 Å². The second-order valence-electron chi connectivity index (χ2n) is 4.53. The minimum absolute atomic E-state index is 0.0336. The molecule has 1 fully saturated rings. The molecule has 0 saturated carbocycles. The van der Waals surface area contributed by atoms with Crippen molar-refractivity contribution in [1.82, 2.24) is 0 Å². The molecule has 1 aliphatic rings. The molecule has 0 aromatic rings. The molecule has 2 atom stereocenters. The molecular weight excluding hydrogens is 168 g/mol. The molecule has 0 radical (unpaired) electrons. The maximum Gasteiger partial charge on any atom is 0.238 e. The Bertz CT molecular complexity index is 228. The number of ether oxygens (including phenoxy) is 1. The molecule has 1 amide bonds. The van der Waals surface area contributed by atoms with Crippen molar-refractivity contribution in [3.05, 3.63) is 0 Å². The first-order valence-electron chi connectivity index (χ1n) is 4.49. The summed E-state index contributed by atoms with van der Waals surface area (Å²) in [5.41, 5.74) is 10.1. The number of hydrogen-bond acceptors (Lipinski definition) is 3. The summed E-state index contributed by atoms with van der Waals surface area (Å²) in [5, 5.41) is 0. The molecule has 1 heterocycles. The number of rotatable bonds is 1. The van der Waals surface area contributed by atoms with E-state index in [2.05, 4.69) is 0 Å². The van der Waals surface area contributed by atoms with E-state index < -0.39 is 16.9 Å². The van der Waals surface area contributed by atoms with Gasteiger partial charge in [0.15, 0.2) is 0 Å². The van der Waals surface area contributed by atoms with Gasteiger partial charge in [0.05, 0.1) is 13.2 Å². The lowest BCUT2D eigenvalue weighted by Crippen LogP contribution is -2.69. The van der Waals surface area contributed by atoms with Gasteiger partial charge in [-0.05, 0) is 0 Å². The van der Waals surface area contributed by atoms with Gasteiger partial charge in [-0.2, -0.15) is 0 Å². The summed E-state index contributed by atoms with van der Waals surface area (Å²) in [6.07, 6.45) is 0. The zero-order valence-electron chi connectivity index (χ0n) is 8.46. The third-order valence-electron chi connectivity index (χ3n) is 3.14. The molecule has 0 aliphatic carbocycles. The highest BCUT2D eigenvalue weighted by molar-refractivity contribution is 5.86. The van der Waals surface area contributed by atoms with Crippen LogP contribution in [0.4, 0.5) is 0 Å². The molecule has 4 N–H and O–H groups in total. The van der Waals surface area contributed by atoms with E-state index in [-0.39, 0.29) is 5.92 Å². The van der Waals surface area contributed by atoms with Crippen molar-refractivity contribution in [2.45, 2.75) is 26.3 Å². The highest BCUT2D eigenvalue weighted by Crippen LogP contribution is 2.38. The fourth-order valence-electron chi connectivity index (χ4n) is 1.99. The number of carbonyl (C=O) groups excluding carboxylic acids is 1. The number of carbonyl (C=O) groups is 1. The molecule has 76 valence electrons. The van der Waals surface area contributed by atoms with Gasteiger partial charge in [0.2, 0.25) is 5.91 Å². The van der Waals surface area contributed by atoms with E-state index in [0.717, 1.165) is 0 Å². The zero-order valence-corrected chi connectivity index (χ0v) is 8.46. The summed E-state index contributed by atoms with van der Waals surface area (Å²) < 4.78 is 5.35. The molecule has 0 bridgehead atoms. The predicted octanol–water partition coefficient (Wildman–Crippen LogP) is -0.138. The molecule has 4 nitrogen and oxygen atoms in total. The van der Waals surface area contributed by atoms with Crippen molar-refractivity contribution >= 4 is 5.91 Å². The minimum Gasteiger partial charge on any atom is -0.380 e. The predicted molar refractivity (Wildman–Crippen MR) is 49.9 cm³/mol. The quantitative estimate of drug-likeness (QED) is 0.598. The SMILES string of the molecule is CC1COCC(C)(C)C1(N)C(N)=O. The Morgan fingerprint density at radius 1 is 1.54 bits per heavy atom. The number of primary amides is 1. The third-order valence-corrected chi connectivity index (χ3v) is 3.14. The lowest BCUT2D eigenvalue weighted by atomic mass is 9.65. The number of amides is 1. The molecule has 4 heteroatoms. The van der Waals surface area contributed by atoms with E-state index >= 15 is 0 Å². The first kappa shape index (κ1) is 10.5. The van der Waals surface area contributed by atoms with E-state index in [1.165, 1.54) is 0 Å². The van der Waals surface area contributed by atoms with Gasteiger partial charge in [-0.3, -0.25) is 4.79 Å². The Kier molecular flexibility index (Phi) is 2.38. The smallest absolute Gasteiger partial charge is 0.238 e. The van der Waals surface area contributed by atoms with Crippen LogP contribution in [0, 0.1) is 11.3 Å². The molecule has 1 aliphatic heterocycles. The summed E-state index contributed by atoms with van der Waals surface area (Å²) in [5.74, 6) is -0.470. The van der Waals surface area contributed by atoms with Crippen LogP contribution in [0.5, 0.6) is 0 Å². The molecule has 1 saturated heterocycles. The highest BCUT2D eigenvalue weighted by atomic mass is 16.5. The van der Waals surface area contributed by atoms with Crippen LogP contribution < -0.4 is 11.5 Å². The average molecular weight is 186 g/mol. The second-order valence-corrected chi connectivity index (χ2v) is 4.53. The fraction of sp³-hybridized carbons (Fsp3) is 0.889. The van der Waals surface area contributed by atoms with Gasteiger partial charge in [0, 0.05) is 11.3 Å². The first-order chi connectivity index (χ1) is 5.82. The van der Waals surface area contributed by atoms with Crippen molar-refractivity contribution in [3.63, 3.8) is 0 Å². The lowest BCUT2D eigenvalue weighted by molar-refractivity contribution is -0.143. The van der Waals surface area contributed by atoms with Crippen molar-refractivity contribution in [2.24, 2.45) is 22.8 Å². The fourth-order valence-corrected chi connectivity index (χ4v) is 1.99. The minimum atomic E-state index is -0.953. The topological polar surface area (TPSA) is 78.3 Å². The first-order valence-corrected chi connectivity index (χ1v) is 4.49. The Labute approximate surface area is 78.6 Å². The molecule has 0 aromatic heterocycles. The average Bonchev–Trinajstić information content (AvgIpc) is 1.99. The van der Waals surface area contributed by atoms with Crippen molar-refractivity contribution in [3.8, 4) is 0 Å². The van der Waals surface area contributed by atoms with Crippen LogP contribution in [0.15, 0.2) is 0 Å². The van der Waals surface area contributed by atoms with Crippen molar-refractivity contribution in [2.75, 3.05) is 13.2 Å². The summed E-state index contributed by atoms with van der Waals surface area (Å²) in [4.78, 5) is 11.3. The summed E-state index contributed by atoms with van der Waals surface area (Å²) in [7, 11) is 0. The van der Waals surface area contributed by atoms with E-state index in [9.17, 15) is 4.79 Å². The highest BCUT2D eigenvalue weighted by Gasteiger charge is 2.53. The Balaban J connectivity index is 3.05. The molecule has 1 rings (SSSR count). The second kappa shape index (κ2) is 2.96. The monoisotopic (exact) mass is 186 g/mol. The summed E-state index contributed by atoms with van der Waals surface area (Å²) >= 11 is 0. The van der Waals surface area contributed by atoms with Crippen molar-refractivity contribution in [1.29, 1.82) is 0 Å². The van der Waals surface area contributed by atoms with Gasteiger partial charge in [0.25, 0.3) is 0 Å². The van der Waals surface area contributed by atoms with E-state index in [0.29, 0.717) is 13.2 Å². The van der Waals surface area contributed by atoms with Crippen LogP contribution in [0.3, 0.4) is 0 Å². The van der Waals surface area contributed by atoms with Crippen LogP contribution in [0.1, 0.15) is 20.8 Å². The van der Waals surface area contributed by atoms with Crippen molar-refractivity contribution < 1.29 is 9.53 Å². The number of nitrogens with two attached hydrogens (primary N) is 2. The van der Waals surface area contributed by atoms with Crippen LogP contribution in [0.25, 0.3) is 0 Å². The molecule has 2 unspecified atom stereocenters. The van der Waals surface area contributed by atoms with Crippen LogP contribution in [-0.4, -0.2) is 24.7 Å². The largest absolute Gasteiger partial charge is 0.380 e. The molecular formula is C9H18N2O2. The van der Waals surface area contributed by atoms with E-state index in [1.54, 1.807) is 0 Å². The zero-order chi connectivity index (χ0) is 10.3. The third kappa shape index (κ3) is 1.34. The van der Waals surface area contributed by atoms with Crippen LogP contribution in [0.2, 0.25) is 0 Å². The van der Waals surface area contributed by atoms with Crippen LogP contribution >= 0.6 is 0 Å². The summed E-state index contributed by atoms with van der Waals surface area (Å²) in [6, 6.07) is 0. The number of hydrogen-bond donors (Lipinski definition) is 2. The van der Waals surface area contributed by atoms with Gasteiger partial charge < -0.3 is 16.2 Å². The van der Waals surface area contributed by atoms with Gasteiger partial charge in [-0.25, -0.2) is 0 Å². The Hall–Kier alpha value is -0.610. The summed E-state index contributed by atoms with van der Waals surface area (Å²) in [6.45, 7) is 6.70. The Morgan fingerprint density at radius 3 is 2.38 bits per heavy atom. The van der Waals surface area contributed by atoms with E-state index in [1.807, 2.05) is 20.8 Å². The van der Waals surface area contributed by atoms with Gasteiger partial charge in [-0.1, -0.05) is 20.8 Å². The maximum absolute atomic E-state index is 11.3.